The maximum atomic E-state index is 12.6. The molecule has 1 aliphatic rings. The third-order valence-corrected chi connectivity index (χ3v) is 4.00. The van der Waals surface area contributed by atoms with Crippen LogP contribution >= 0.6 is 0 Å². The number of carbonyl (C=O) groups excluding carboxylic acids is 3. The number of rotatable bonds is 8. The zero-order chi connectivity index (χ0) is 19.2. The number of methoxy groups -OCH3 is 1. The Bertz CT molecular complexity index is 681. The average molecular weight is 361 g/mol. The van der Waals surface area contributed by atoms with Gasteiger partial charge >= 0.3 is 11.9 Å². The van der Waals surface area contributed by atoms with Gasteiger partial charge < -0.3 is 19.5 Å². The molecule has 7 nitrogen and oxygen atoms in total. The monoisotopic (exact) mass is 361 g/mol. The highest BCUT2D eigenvalue weighted by atomic mass is 16.6. The summed E-state index contributed by atoms with van der Waals surface area (Å²) in [6.07, 6.45) is 2.16. The van der Waals surface area contributed by atoms with Gasteiger partial charge in [0, 0.05) is 19.4 Å². The van der Waals surface area contributed by atoms with Crippen LogP contribution in [0.4, 0.5) is 0 Å². The Hall–Kier alpha value is -2.67. The first-order valence-electron chi connectivity index (χ1n) is 8.25. The van der Waals surface area contributed by atoms with Crippen molar-refractivity contribution in [3.8, 4) is 0 Å². The topological polar surface area (TPSA) is 94.2 Å². The number of hydrogen-bond acceptors (Lipinski definition) is 6. The van der Waals surface area contributed by atoms with Gasteiger partial charge in [-0.05, 0) is 18.6 Å². The molecule has 1 saturated heterocycles. The van der Waals surface area contributed by atoms with Gasteiger partial charge in [0.2, 0.25) is 5.91 Å². The van der Waals surface area contributed by atoms with Crippen LogP contribution in [0.3, 0.4) is 0 Å². The van der Waals surface area contributed by atoms with Gasteiger partial charge in [-0.2, -0.15) is 0 Å². The lowest BCUT2D eigenvalue weighted by Crippen LogP contribution is -2.45. The largest absolute Gasteiger partial charge is 0.466 e. The molecular weight excluding hydrogens is 338 g/mol. The Kier molecular flexibility index (Phi) is 6.52. The Morgan fingerprint density at radius 2 is 1.96 bits per heavy atom. The van der Waals surface area contributed by atoms with Crippen LogP contribution in [0.25, 0.3) is 0 Å². The molecule has 0 saturated carbocycles. The maximum absolute atomic E-state index is 12.6. The number of epoxide rings is 1. The molecule has 1 aliphatic heterocycles. The predicted octanol–water partition coefficient (Wildman–Crippen LogP) is 1.16. The molecule has 0 spiro atoms. The highest BCUT2D eigenvalue weighted by molar-refractivity contribution is 5.84. The number of hydrogen-bond donors (Lipinski definition) is 1. The molecule has 1 aromatic carbocycles. The molecule has 0 aromatic heterocycles. The van der Waals surface area contributed by atoms with Crippen LogP contribution in [0.1, 0.15) is 19.4 Å². The van der Waals surface area contributed by atoms with Crippen molar-refractivity contribution in [1.82, 2.24) is 5.32 Å². The lowest BCUT2D eigenvalue weighted by Gasteiger charge is -2.22. The minimum Gasteiger partial charge on any atom is -0.466 e. The summed E-state index contributed by atoms with van der Waals surface area (Å²) in [5, 5.41) is 2.61. The number of nitrogens with one attached hydrogen (secondary N) is 1. The molecule has 140 valence electrons. The van der Waals surface area contributed by atoms with Gasteiger partial charge in [0.1, 0.15) is 11.6 Å². The van der Waals surface area contributed by atoms with E-state index in [1.165, 1.54) is 26.2 Å². The van der Waals surface area contributed by atoms with Crippen molar-refractivity contribution in [2.45, 2.75) is 38.0 Å². The van der Waals surface area contributed by atoms with Gasteiger partial charge in [0.05, 0.1) is 13.7 Å². The summed E-state index contributed by atoms with van der Waals surface area (Å²) in [4.78, 5) is 35.4. The third-order valence-electron chi connectivity index (χ3n) is 4.00. The summed E-state index contributed by atoms with van der Waals surface area (Å²) < 4.78 is 15.4. The Morgan fingerprint density at radius 3 is 2.50 bits per heavy atom. The van der Waals surface area contributed by atoms with E-state index >= 15 is 0 Å². The van der Waals surface area contributed by atoms with Crippen molar-refractivity contribution in [3.63, 3.8) is 0 Å². The molecule has 1 N–H and O–H groups in total. The van der Waals surface area contributed by atoms with Crippen LogP contribution in [0.15, 0.2) is 42.5 Å². The van der Waals surface area contributed by atoms with Crippen molar-refractivity contribution in [2.75, 3.05) is 13.7 Å². The SMILES string of the molecule is COC(=O)C=C[C@@H](OC(=O)[C@@H](Cc1ccccc1)NC(C)=O)[C@@]1(C)CO1. The van der Waals surface area contributed by atoms with Crippen molar-refractivity contribution in [3.05, 3.63) is 48.0 Å². The summed E-state index contributed by atoms with van der Waals surface area (Å²) >= 11 is 0. The summed E-state index contributed by atoms with van der Waals surface area (Å²) in [6.45, 7) is 3.52. The fourth-order valence-electron chi connectivity index (χ4n) is 2.38. The van der Waals surface area contributed by atoms with E-state index in [1.807, 2.05) is 30.3 Å². The van der Waals surface area contributed by atoms with Crippen LogP contribution in [0.5, 0.6) is 0 Å². The van der Waals surface area contributed by atoms with Crippen molar-refractivity contribution < 1.29 is 28.6 Å². The number of benzene rings is 1. The Labute approximate surface area is 152 Å². The Balaban J connectivity index is 2.11. The highest BCUT2D eigenvalue weighted by Crippen LogP contribution is 2.33. The standard InChI is InChI=1S/C19H23NO6/c1-13(21)20-15(11-14-7-5-4-6-8-14)18(23)26-16(19(2)12-25-19)9-10-17(22)24-3/h4-10,15-16H,11-12H2,1-3H3,(H,20,21)/t15-,16-,19-/m1/s1. The summed E-state index contributed by atoms with van der Waals surface area (Å²) in [7, 11) is 1.26. The van der Waals surface area contributed by atoms with Crippen LogP contribution in [-0.4, -0.2) is 49.3 Å². The summed E-state index contributed by atoms with van der Waals surface area (Å²) in [5.41, 5.74) is 0.201. The summed E-state index contributed by atoms with van der Waals surface area (Å²) in [5.74, 6) is -1.49. The van der Waals surface area contributed by atoms with Gasteiger partial charge in [0.25, 0.3) is 0 Å². The first-order valence-corrected chi connectivity index (χ1v) is 8.25. The smallest absolute Gasteiger partial charge is 0.330 e. The Morgan fingerprint density at radius 1 is 1.31 bits per heavy atom. The second-order valence-electron chi connectivity index (χ2n) is 6.28. The second-order valence-corrected chi connectivity index (χ2v) is 6.28. The van der Waals surface area contributed by atoms with E-state index in [-0.39, 0.29) is 5.91 Å². The quantitative estimate of drug-likeness (QED) is 0.424. The molecule has 0 bridgehead atoms. The van der Waals surface area contributed by atoms with Gasteiger partial charge in [-0.3, -0.25) is 4.79 Å². The van der Waals surface area contributed by atoms with Crippen LogP contribution in [0.2, 0.25) is 0 Å². The molecule has 2 rings (SSSR count). The van der Waals surface area contributed by atoms with Gasteiger partial charge in [0.15, 0.2) is 6.10 Å². The molecule has 3 atom stereocenters. The molecule has 0 unspecified atom stereocenters. The molecule has 0 aliphatic carbocycles. The third kappa shape index (κ3) is 5.70. The van der Waals surface area contributed by atoms with E-state index in [1.54, 1.807) is 6.92 Å². The first kappa shape index (κ1) is 19.7. The minimum absolute atomic E-state index is 0.296. The van der Waals surface area contributed by atoms with Crippen molar-refractivity contribution >= 4 is 17.8 Å². The summed E-state index contributed by atoms with van der Waals surface area (Å²) in [6, 6.07) is 8.46. The molecule has 1 aromatic rings. The number of esters is 2. The molecule has 1 fully saturated rings. The van der Waals surface area contributed by atoms with E-state index in [2.05, 4.69) is 10.1 Å². The van der Waals surface area contributed by atoms with Crippen LogP contribution < -0.4 is 5.32 Å². The first-order chi connectivity index (χ1) is 12.3. The van der Waals surface area contributed by atoms with E-state index in [0.717, 1.165) is 5.56 Å². The predicted molar refractivity (Wildman–Crippen MR) is 93.1 cm³/mol. The molecule has 26 heavy (non-hydrogen) atoms. The lowest BCUT2D eigenvalue weighted by molar-refractivity contribution is -0.153. The molecule has 0 radical (unpaired) electrons. The van der Waals surface area contributed by atoms with E-state index < -0.39 is 29.7 Å². The van der Waals surface area contributed by atoms with Crippen LogP contribution in [-0.2, 0) is 35.0 Å². The number of ether oxygens (including phenoxy) is 3. The number of amides is 1. The second kappa shape index (κ2) is 8.62. The number of carbonyl (C=O) groups is 3. The van der Waals surface area contributed by atoms with Gasteiger partial charge in [-0.25, -0.2) is 9.59 Å². The molecule has 7 heteroatoms. The van der Waals surface area contributed by atoms with Crippen LogP contribution in [0, 0.1) is 0 Å². The normalized spacial score (nSPS) is 20.9. The lowest BCUT2D eigenvalue weighted by atomic mass is 10.0. The van der Waals surface area contributed by atoms with E-state index in [0.29, 0.717) is 13.0 Å². The molecule has 1 heterocycles. The highest BCUT2D eigenvalue weighted by Gasteiger charge is 2.49. The average Bonchev–Trinajstić information content (AvgIpc) is 3.36. The fraction of sp³-hybridized carbons (Fsp3) is 0.421. The van der Waals surface area contributed by atoms with Gasteiger partial charge in [-0.15, -0.1) is 0 Å². The van der Waals surface area contributed by atoms with Crippen molar-refractivity contribution in [1.29, 1.82) is 0 Å². The minimum atomic E-state index is -0.841. The van der Waals surface area contributed by atoms with Gasteiger partial charge in [-0.1, -0.05) is 30.3 Å². The zero-order valence-electron chi connectivity index (χ0n) is 15.1. The van der Waals surface area contributed by atoms with E-state index in [9.17, 15) is 14.4 Å². The van der Waals surface area contributed by atoms with Crippen molar-refractivity contribution in [2.24, 2.45) is 0 Å². The van der Waals surface area contributed by atoms with E-state index in [4.69, 9.17) is 9.47 Å². The molecule has 1 amide bonds. The zero-order valence-corrected chi connectivity index (χ0v) is 15.1. The molecular formula is C19H23NO6. The fourth-order valence-corrected chi connectivity index (χ4v) is 2.38. The maximum Gasteiger partial charge on any atom is 0.330 e.